The van der Waals surface area contributed by atoms with Crippen LogP contribution in [0.5, 0.6) is 17.2 Å². The summed E-state index contributed by atoms with van der Waals surface area (Å²) in [5.74, 6) is 1.29. The maximum Gasteiger partial charge on any atom is 0.167 e. The number of halogens is 1. The first-order valence-electron chi connectivity index (χ1n) is 6.69. The Balaban J connectivity index is 2.31. The lowest BCUT2D eigenvalue weighted by Crippen LogP contribution is -2.05. The Morgan fingerprint density at radius 1 is 1.05 bits per heavy atom. The summed E-state index contributed by atoms with van der Waals surface area (Å²) in [7, 11) is 3.05. The molecule has 0 aliphatic heterocycles. The van der Waals surface area contributed by atoms with Crippen LogP contribution in [0.25, 0.3) is 0 Å². The predicted molar refractivity (Wildman–Crippen MR) is 85.3 cm³/mol. The molecule has 5 heteroatoms. The molecule has 0 aliphatic carbocycles. The van der Waals surface area contributed by atoms with E-state index in [4.69, 9.17) is 25.8 Å². The maximum absolute atomic E-state index is 11.9. The first-order valence-corrected chi connectivity index (χ1v) is 7.07. The van der Waals surface area contributed by atoms with E-state index in [2.05, 4.69) is 0 Å². The van der Waals surface area contributed by atoms with Gasteiger partial charge in [-0.05, 0) is 24.6 Å². The third-order valence-electron chi connectivity index (χ3n) is 3.15. The van der Waals surface area contributed by atoms with Crippen LogP contribution in [0.2, 0.25) is 5.02 Å². The highest BCUT2D eigenvalue weighted by molar-refractivity contribution is 6.30. The van der Waals surface area contributed by atoms with Crippen LogP contribution in [-0.2, 0) is 6.61 Å². The van der Waals surface area contributed by atoms with Gasteiger partial charge in [0, 0.05) is 17.2 Å². The summed E-state index contributed by atoms with van der Waals surface area (Å²) in [6.07, 6.45) is 0. The third kappa shape index (κ3) is 3.71. The summed E-state index contributed by atoms with van der Waals surface area (Å²) in [6, 6.07) is 10.7. The molecule has 0 aliphatic rings. The number of carbonyl (C=O) groups excluding carboxylic acids is 1. The van der Waals surface area contributed by atoms with E-state index in [0.717, 1.165) is 5.56 Å². The molecule has 0 saturated heterocycles. The van der Waals surface area contributed by atoms with Gasteiger partial charge in [0.15, 0.2) is 5.78 Å². The molecule has 0 spiro atoms. The van der Waals surface area contributed by atoms with Crippen LogP contribution >= 0.6 is 11.6 Å². The maximum atomic E-state index is 11.9. The largest absolute Gasteiger partial charge is 0.496 e. The summed E-state index contributed by atoms with van der Waals surface area (Å²) in [6.45, 7) is 1.78. The fourth-order valence-electron chi connectivity index (χ4n) is 2.05. The van der Waals surface area contributed by atoms with E-state index in [1.807, 2.05) is 12.1 Å². The molecule has 2 aromatic carbocycles. The van der Waals surface area contributed by atoms with Crippen molar-refractivity contribution < 1.29 is 19.0 Å². The number of ether oxygens (including phenoxy) is 3. The van der Waals surface area contributed by atoms with Crippen molar-refractivity contribution in [1.29, 1.82) is 0 Å². The molecule has 4 nitrogen and oxygen atoms in total. The fourth-order valence-corrected chi connectivity index (χ4v) is 2.17. The number of hydrogen-bond donors (Lipinski definition) is 0. The predicted octanol–water partition coefficient (Wildman–Crippen LogP) is 4.14. The van der Waals surface area contributed by atoms with E-state index < -0.39 is 0 Å². The van der Waals surface area contributed by atoms with Crippen molar-refractivity contribution >= 4 is 17.4 Å². The molecule has 0 bridgehead atoms. The van der Waals surface area contributed by atoms with Crippen molar-refractivity contribution in [2.24, 2.45) is 0 Å². The fraction of sp³-hybridized carbons (Fsp3) is 0.235. The summed E-state index contributed by atoms with van der Waals surface area (Å²) in [5.41, 5.74) is 1.35. The third-order valence-corrected chi connectivity index (χ3v) is 3.41. The van der Waals surface area contributed by atoms with Gasteiger partial charge in [0.1, 0.15) is 29.4 Å². The molecule has 0 N–H and O–H groups in total. The monoisotopic (exact) mass is 320 g/mol. The van der Waals surface area contributed by atoms with E-state index >= 15 is 0 Å². The molecule has 0 unspecified atom stereocenters. The van der Waals surface area contributed by atoms with Gasteiger partial charge >= 0.3 is 0 Å². The van der Waals surface area contributed by atoms with Crippen molar-refractivity contribution in [3.63, 3.8) is 0 Å². The zero-order chi connectivity index (χ0) is 16.1. The second kappa shape index (κ2) is 7.18. The number of Topliss-reactive ketones (excluding diaryl/α,β-unsaturated/α-hetero) is 1. The zero-order valence-corrected chi connectivity index (χ0v) is 13.4. The van der Waals surface area contributed by atoms with Crippen LogP contribution in [0.4, 0.5) is 0 Å². The van der Waals surface area contributed by atoms with Crippen molar-refractivity contribution in [2.45, 2.75) is 13.5 Å². The molecular weight excluding hydrogens is 304 g/mol. The Morgan fingerprint density at radius 2 is 1.68 bits per heavy atom. The summed E-state index contributed by atoms with van der Waals surface area (Å²) in [4.78, 5) is 11.9. The van der Waals surface area contributed by atoms with Crippen LogP contribution < -0.4 is 14.2 Å². The number of methoxy groups -OCH3 is 2. The van der Waals surface area contributed by atoms with E-state index in [9.17, 15) is 4.79 Å². The molecule has 0 saturated carbocycles. The van der Waals surface area contributed by atoms with Gasteiger partial charge in [-0.15, -0.1) is 0 Å². The van der Waals surface area contributed by atoms with Gasteiger partial charge in [-0.25, -0.2) is 0 Å². The van der Waals surface area contributed by atoms with Gasteiger partial charge < -0.3 is 14.2 Å². The van der Waals surface area contributed by atoms with Crippen LogP contribution in [0.15, 0.2) is 36.4 Å². The molecule has 2 rings (SSSR count). The Hall–Kier alpha value is -2.20. The second-order valence-corrected chi connectivity index (χ2v) is 5.11. The minimum atomic E-state index is -0.134. The lowest BCUT2D eigenvalue weighted by Gasteiger charge is -2.15. The normalized spacial score (nSPS) is 10.2. The Kier molecular flexibility index (Phi) is 5.28. The van der Waals surface area contributed by atoms with E-state index in [1.54, 1.807) is 31.4 Å². The molecule has 0 fully saturated rings. The number of rotatable bonds is 6. The van der Waals surface area contributed by atoms with Gasteiger partial charge in [-0.3, -0.25) is 4.79 Å². The molecule has 0 amide bonds. The van der Waals surface area contributed by atoms with E-state index in [-0.39, 0.29) is 5.78 Å². The minimum absolute atomic E-state index is 0.134. The molecule has 0 heterocycles. The van der Waals surface area contributed by atoms with Crippen LogP contribution in [-0.4, -0.2) is 20.0 Å². The minimum Gasteiger partial charge on any atom is -0.496 e. The molecule has 0 aromatic heterocycles. The van der Waals surface area contributed by atoms with E-state index in [1.165, 1.54) is 14.0 Å². The highest BCUT2D eigenvalue weighted by atomic mass is 35.5. The highest BCUT2D eigenvalue weighted by Gasteiger charge is 2.17. The number of carbonyl (C=O) groups is 1. The smallest absolute Gasteiger partial charge is 0.167 e. The molecule has 2 aromatic rings. The van der Waals surface area contributed by atoms with Gasteiger partial charge in [-0.2, -0.15) is 0 Å². The standard InChI is InChI=1S/C17H17ClO4/c1-11(19)17-15(21-3)8-14(20-2)9-16(17)22-10-12-4-6-13(18)7-5-12/h4-9H,10H2,1-3H3. The molecule has 0 atom stereocenters. The SMILES string of the molecule is COc1cc(OC)c(C(C)=O)c(OCc2ccc(Cl)cc2)c1. The van der Waals surface area contributed by atoms with Crippen molar-refractivity contribution in [2.75, 3.05) is 14.2 Å². The second-order valence-electron chi connectivity index (χ2n) is 4.67. The first-order chi connectivity index (χ1) is 10.5. The van der Waals surface area contributed by atoms with Crippen LogP contribution in [0.3, 0.4) is 0 Å². The Morgan fingerprint density at radius 3 is 2.23 bits per heavy atom. The average Bonchev–Trinajstić information content (AvgIpc) is 2.53. The summed E-state index contributed by atoms with van der Waals surface area (Å²) in [5, 5.41) is 0.663. The molecular formula is C17H17ClO4. The van der Waals surface area contributed by atoms with E-state index in [0.29, 0.717) is 34.4 Å². The topological polar surface area (TPSA) is 44.8 Å². The van der Waals surface area contributed by atoms with Crippen LogP contribution in [0.1, 0.15) is 22.8 Å². The number of ketones is 1. The summed E-state index contributed by atoms with van der Waals surface area (Å²) < 4.78 is 16.3. The van der Waals surface area contributed by atoms with Gasteiger partial charge in [0.2, 0.25) is 0 Å². The molecule has 22 heavy (non-hydrogen) atoms. The lowest BCUT2D eigenvalue weighted by molar-refractivity contribution is 0.101. The molecule has 116 valence electrons. The lowest BCUT2D eigenvalue weighted by atomic mass is 10.1. The Labute approximate surface area is 134 Å². The molecule has 0 radical (unpaired) electrons. The van der Waals surface area contributed by atoms with Gasteiger partial charge in [0.25, 0.3) is 0 Å². The summed E-state index contributed by atoms with van der Waals surface area (Å²) >= 11 is 5.86. The quantitative estimate of drug-likeness (QED) is 0.750. The number of hydrogen-bond acceptors (Lipinski definition) is 4. The highest BCUT2D eigenvalue weighted by Crippen LogP contribution is 2.35. The van der Waals surface area contributed by atoms with Gasteiger partial charge in [-0.1, -0.05) is 23.7 Å². The Bertz CT molecular complexity index is 665. The van der Waals surface area contributed by atoms with Crippen molar-refractivity contribution in [3.05, 3.63) is 52.5 Å². The van der Waals surface area contributed by atoms with Crippen LogP contribution in [0, 0.1) is 0 Å². The van der Waals surface area contributed by atoms with Gasteiger partial charge in [0.05, 0.1) is 14.2 Å². The first kappa shape index (κ1) is 16.2. The zero-order valence-electron chi connectivity index (χ0n) is 12.7. The average molecular weight is 321 g/mol. The number of benzene rings is 2. The van der Waals surface area contributed by atoms with Crippen molar-refractivity contribution in [1.82, 2.24) is 0 Å². The van der Waals surface area contributed by atoms with Crippen molar-refractivity contribution in [3.8, 4) is 17.2 Å².